The Morgan fingerprint density at radius 2 is 2.14 bits per heavy atom. The van der Waals surface area contributed by atoms with Gasteiger partial charge in [-0.05, 0) is 12.5 Å². The van der Waals surface area contributed by atoms with E-state index in [1.165, 1.54) is 0 Å². The lowest BCUT2D eigenvalue weighted by atomic mass is 10.2. The number of rotatable bonds is 2. The fourth-order valence-electron chi connectivity index (χ4n) is 0.0630. The molecule has 46 valence electrons. The van der Waals surface area contributed by atoms with Gasteiger partial charge in [-0.1, -0.05) is 6.92 Å². The molecule has 0 aromatic carbocycles. The predicted molar refractivity (Wildman–Crippen MR) is 36.2 cm³/mol. The molecule has 0 aromatic heterocycles. The summed E-state index contributed by atoms with van der Waals surface area (Å²) < 4.78 is 0. The first-order chi connectivity index (χ1) is 2.81. The summed E-state index contributed by atoms with van der Waals surface area (Å²) in [5, 5.41) is 0. The third-order valence-electron chi connectivity index (χ3n) is 0.666. The van der Waals surface area contributed by atoms with Gasteiger partial charge in [0.15, 0.2) is 0 Å². The molecule has 0 saturated heterocycles. The van der Waals surface area contributed by atoms with Crippen LogP contribution in [-0.4, -0.2) is 12.4 Å². The third kappa shape index (κ3) is 6.54. The van der Waals surface area contributed by atoms with Gasteiger partial charge in [0.1, 0.15) is 0 Å². The summed E-state index contributed by atoms with van der Waals surface area (Å²) in [4.78, 5) is 0. The van der Waals surface area contributed by atoms with Crippen molar-refractivity contribution in [3.63, 3.8) is 0 Å². The summed E-state index contributed by atoms with van der Waals surface area (Å²) in [7, 11) is 0. The van der Waals surface area contributed by atoms with Crippen LogP contribution in [0.5, 0.6) is 0 Å². The number of hydrogen-bond donors (Lipinski definition) is 1. The molecule has 0 fully saturated rings. The van der Waals surface area contributed by atoms with Crippen LogP contribution < -0.4 is 5.73 Å². The Bertz CT molecular complexity index is 28.9. The van der Waals surface area contributed by atoms with Gasteiger partial charge in [-0.15, -0.1) is 24.0 Å². The van der Waals surface area contributed by atoms with Crippen LogP contribution in [0.25, 0.3) is 0 Å². The van der Waals surface area contributed by atoms with E-state index in [1.807, 2.05) is 6.92 Å². The maximum Gasteiger partial charge on any atom is 0.0261 e. The van der Waals surface area contributed by atoms with Crippen LogP contribution in [0.2, 0.25) is 0 Å². The number of nitrogens with two attached hydrogens (primary N) is 1. The van der Waals surface area contributed by atoms with Gasteiger partial charge in [0.2, 0.25) is 0 Å². The minimum atomic E-state index is 0. The van der Waals surface area contributed by atoms with Crippen LogP contribution in [0.3, 0.4) is 0 Å². The second-order valence-corrected chi connectivity index (χ2v) is 1.80. The van der Waals surface area contributed by atoms with E-state index in [0.717, 1.165) is 0 Å². The molecule has 1 unspecified atom stereocenters. The zero-order valence-corrected chi connectivity index (χ0v) is 5.93. The van der Waals surface area contributed by atoms with Crippen LogP contribution in [0.15, 0.2) is 0 Å². The Kier molecular flexibility index (Phi) is 9.82. The Balaban J connectivity index is 0. The second-order valence-electron chi connectivity index (χ2n) is 1.50. The number of alkyl halides is 1. The van der Waals surface area contributed by atoms with E-state index in [2.05, 4.69) is 0 Å². The Morgan fingerprint density at radius 3 is 2.14 bits per heavy atom. The fourth-order valence-corrected chi connectivity index (χ4v) is 0.189. The molecule has 1 nitrogen and oxygen atoms in total. The van der Waals surface area contributed by atoms with Crippen molar-refractivity contribution >= 4 is 24.0 Å². The summed E-state index contributed by atoms with van der Waals surface area (Å²) in [6.07, 6.45) is 0. The summed E-state index contributed by atoms with van der Waals surface area (Å²) in [5.74, 6) is 1.16. The van der Waals surface area contributed by atoms with Crippen molar-refractivity contribution in [1.82, 2.24) is 0 Å². The lowest BCUT2D eigenvalue weighted by molar-refractivity contribution is 0.671. The molecular weight excluding hydrogens is 133 g/mol. The highest BCUT2D eigenvalue weighted by Crippen LogP contribution is 1.91. The second kappa shape index (κ2) is 6.54. The topological polar surface area (TPSA) is 26.0 Å². The van der Waals surface area contributed by atoms with E-state index in [1.54, 1.807) is 0 Å². The van der Waals surface area contributed by atoms with E-state index in [0.29, 0.717) is 18.3 Å². The Hall–Kier alpha value is 0.540. The highest BCUT2D eigenvalue weighted by Gasteiger charge is 1.90. The molecule has 0 aromatic rings. The number of halogens is 2. The van der Waals surface area contributed by atoms with Crippen molar-refractivity contribution in [1.29, 1.82) is 0 Å². The molecule has 0 aliphatic carbocycles. The first-order valence-electron chi connectivity index (χ1n) is 2.07. The van der Waals surface area contributed by atoms with Gasteiger partial charge in [-0.25, -0.2) is 0 Å². The molecule has 0 rings (SSSR count). The van der Waals surface area contributed by atoms with Gasteiger partial charge in [0, 0.05) is 5.88 Å². The molecule has 0 saturated carbocycles. The predicted octanol–water partition coefficient (Wildman–Crippen LogP) is 1.24. The highest BCUT2D eigenvalue weighted by molar-refractivity contribution is 6.18. The first kappa shape index (κ1) is 10.5. The molecule has 3 heteroatoms. The van der Waals surface area contributed by atoms with Gasteiger partial charge in [-0.3, -0.25) is 0 Å². The minimum absolute atomic E-state index is 0. The maximum absolute atomic E-state index is 5.37. The number of hydrogen-bond acceptors (Lipinski definition) is 1. The standard InChI is InChI=1S/C4H10ClN.ClH/c1-4(2-5)3-6;/h4H,2-3,6H2,1H3;1H. The fraction of sp³-hybridized carbons (Fsp3) is 1.00. The highest BCUT2D eigenvalue weighted by atomic mass is 35.5. The van der Waals surface area contributed by atoms with Crippen LogP contribution in [0.4, 0.5) is 0 Å². The normalized spacial score (nSPS) is 12.4. The zero-order valence-electron chi connectivity index (χ0n) is 4.36. The van der Waals surface area contributed by atoms with Crippen LogP contribution >= 0.6 is 24.0 Å². The zero-order chi connectivity index (χ0) is 4.99. The summed E-state index contributed by atoms with van der Waals surface area (Å²) in [5.41, 5.74) is 5.20. The smallest absolute Gasteiger partial charge is 0.0261 e. The molecule has 1 atom stereocenters. The van der Waals surface area contributed by atoms with Crippen LogP contribution in [0.1, 0.15) is 6.92 Å². The average molecular weight is 144 g/mol. The maximum atomic E-state index is 5.37. The quantitative estimate of drug-likeness (QED) is 0.579. The third-order valence-corrected chi connectivity index (χ3v) is 1.19. The van der Waals surface area contributed by atoms with Gasteiger partial charge >= 0.3 is 0 Å². The van der Waals surface area contributed by atoms with Crippen molar-refractivity contribution < 1.29 is 0 Å². The van der Waals surface area contributed by atoms with E-state index < -0.39 is 0 Å². The van der Waals surface area contributed by atoms with Crippen molar-refractivity contribution in [2.75, 3.05) is 12.4 Å². The summed E-state index contributed by atoms with van der Waals surface area (Å²) in [6, 6.07) is 0. The van der Waals surface area contributed by atoms with Gasteiger partial charge < -0.3 is 5.73 Å². The lowest BCUT2D eigenvalue weighted by Gasteiger charge is -1.97. The van der Waals surface area contributed by atoms with Crippen LogP contribution in [0, 0.1) is 5.92 Å². The molecule has 0 heterocycles. The Morgan fingerprint density at radius 1 is 1.71 bits per heavy atom. The molecule has 0 spiro atoms. The molecule has 0 aliphatic heterocycles. The van der Waals surface area contributed by atoms with Crippen molar-refractivity contribution in [2.45, 2.75) is 6.92 Å². The summed E-state index contributed by atoms with van der Waals surface area (Å²) >= 11 is 5.37. The SMILES string of the molecule is CC(CN)CCl.Cl. The minimum Gasteiger partial charge on any atom is -0.330 e. The van der Waals surface area contributed by atoms with Gasteiger partial charge in [0.05, 0.1) is 0 Å². The average Bonchev–Trinajstić information content (AvgIpc) is 1.65. The molecule has 7 heavy (non-hydrogen) atoms. The largest absolute Gasteiger partial charge is 0.330 e. The molecule has 0 bridgehead atoms. The van der Waals surface area contributed by atoms with E-state index in [4.69, 9.17) is 17.3 Å². The van der Waals surface area contributed by atoms with Gasteiger partial charge in [-0.2, -0.15) is 0 Å². The lowest BCUT2D eigenvalue weighted by Crippen LogP contribution is -2.11. The Labute approximate surface area is 55.6 Å². The first-order valence-corrected chi connectivity index (χ1v) is 2.60. The van der Waals surface area contributed by atoms with E-state index >= 15 is 0 Å². The monoisotopic (exact) mass is 143 g/mol. The molecule has 0 aliphatic rings. The summed E-state index contributed by atoms with van der Waals surface area (Å²) in [6.45, 7) is 2.72. The van der Waals surface area contributed by atoms with Crippen molar-refractivity contribution in [3.05, 3.63) is 0 Å². The molecule has 2 N–H and O–H groups in total. The van der Waals surface area contributed by atoms with Crippen molar-refractivity contribution in [2.24, 2.45) is 11.7 Å². The molecule has 0 radical (unpaired) electrons. The molecular formula is C4H11Cl2N. The van der Waals surface area contributed by atoms with Crippen LogP contribution in [-0.2, 0) is 0 Å². The van der Waals surface area contributed by atoms with E-state index in [9.17, 15) is 0 Å². The molecule has 0 amide bonds. The van der Waals surface area contributed by atoms with E-state index in [-0.39, 0.29) is 12.4 Å². The van der Waals surface area contributed by atoms with Gasteiger partial charge in [0.25, 0.3) is 0 Å². The van der Waals surface area contributed by atoms with Crippen molar-refractivity contribution in [3.8, 4) is 0 Å².